The van der Waals surface area contributed by atoms with Gasteiger partial charge in [-0.3, -0.25) is 14.5 Å². The largest absolute Gasteiger partial charge is 0.480 e. The van der Waals surface area contributed by atoms with E-state index in [1.807, 2.05) is 30.3 Å². The second-order valence-corrected chi connectivity index (χ2v) is 6.19. The number of nitrogens with one attached hydrogen (secondary N) is 1. The molecule has 0 saturated carbocycles. The van der Waals surface area contributed by atoms with Gasteiger partial charge in [0, 0.05) is 18.8 Å². The predicted octanol–water partition coefficient (Wildman–Crippen LogP) is 2.59. The zero-order valence-electron chi connectivity index (χ0n) is 14.8. The number of ether oxygens (including phenoxy) is 2. The molecule has 2 aromatic rings. The maximum Gasteiger partial charge on any atom is 0.321 e. The second-order valence-electron chi connectivity index (χ2n) is 6.19. The molecule has 142 valence electrons. The lowest BCUT2D eigenvalue weighted by molar-refractivity contribution is -0.147. The standard InChI is InChI=1S/C20H22N2O5/c23-19(14-18(20(24)25)22-10-12-26-13-11-22)21-15-6-8-17(9-7-15)27-16-4-2-1-3-5-16/h1-9,18H,10-14H2,(H,21,23)(H,24,25). The van der Waals surface area contributed by atoms with E-state index in [-0.39, 0.29) is 12.3 Å². The van der Waals surface area contributed by atoms with E-state index in [4.69, 9.17) is 9.47 Å². The first-order valence-corrected chi connectivity index (χ1v) is 8.79. The van der Waals surface area contributed by atoms with Gasteiger partial charge in [0.25, 0.3) is 0 Å². The number of morpholine rings is 1. The number of rotatable bonds is 7. The fraction of sp³-hybridized carbons (Fsp3) is 0.300. The van der Waals surface area contributed by atoms with Crippen LogP contribution in [-0.4, -0.2) is 54.2 Å². The van der Waals surface area contributed by atoms with Crippen molar-refractivity contribution in [2.24, 2.45) is 0 Å². The van der Waals surface area contributed by atoms with Crippen molar-refractivity contribution in [1.29, 1.82) is 0 Å². The summed E-state index contributed by atoms with van der Waals surface area (Å²) in [5, 5.41) is 12.2. The molecule has 1 fully saturated rings. The molecule has 3 rings (SSSR count). The van der Waals surface area contributed by atoms with Crippen molar-refractivity contribution in [3.05, 3.63) is 54.6 Å². The Hall–Kier alpha value is -2.90. The normalized spacial score (nSPS) is 15.7. The van der Waals surface area contributed by atoms with Gasteiger partial charge in [-0.05, 0) is 36.4 Å². The molecule has 1 aliphatic heterocycles. The second kappa shape index (κ2) is 9.16. The van der Waals surface area contributed by atoms with E-state index >= 15 is 0 Å². The molecule has 1 atom stereocenters. The number of para-hydroxylation sites is 1. The third-order valence-corrected chi connectivity index (χ3v) is 4.27. The Bertz CT molecular complexity index is 758. The van der Waals surface area contributed by atoms with Gasteiger partial charge in [0.05, 0.1) is 19.6 Å². The fourth-order valence-corrected chi connectivity index (χ4v) is 2.88. The minimum Gasteiger partial charge on any atom is -0.480 e. The summed E-state index contributed by atoms with van der Waals surface area (Å²) in [6.45, 7) is 1.98. The molecular formula is C20H22N2O5. The van der Waals surface area contributed by atoms with E-state index in [0.717, 1.165) is 5.75 Å². The monoisotopic (exact) mass is 370 g/mol. The van der Waals surface area contributed by atoms with E-state index in [2.05, 4.69) is 5.32 Å². The number of aliphatic carboxylic acids is 1. The Morgan fingerprint density at radius 3 is 2.30 bits per heavy atom. The molecule has 1 heterocycles. The average Bonchev–Trinajstić information content (AvgIpc) is 2.69. The zero-order chi connectivity index (χ0) is 19.1. The molecule has 27 heavy (non-hydrogen) atoms. The van der Waals surface area contributed by atoms with Crippen molar-refractivity contribution in [1.82, 2.24) is 4.90 Å². The Morgan fingerprint density at radius 2 is 1.67 bits per heavy atom. The Morgan fingerprint density at radius 1 is 1.04 bits per heavy atom. The van der Waals surface area contributed by atoms with Gasteiger partial charge in [0.1, 0.15) is 17.5 Å². The summed E-state index contributed by atoms with van der Waals surface area (Å²) < 4.78 is 10.9. The van der Waals surface area contributed by atoms with Gasteiger partial charge in [0.15, 0.2) is 0 Å². The van der Waals surface area contributed by atoms with Crippen LogP contribution in [-0.2, 0) is 14.3 Å². The molecule has 1 saturated heterocycles. The van der Waals surface area contributed by atoms with Crippen molar-refractivity contribution in [3.8, 4) is 11.5 Å². The maximum absolute atomic E-state index is 12.3. The summed E-state index contributed by atoms with van der Waals surface area (Å²) in [7, 11) is 0. The number of benzene rings is 2. The number of hydrogen-bond acceptors (Lipinski definition) is 5. The first-order valence-electron chi connectivity index (χ1n) is 8.79. The highest BCUT2D eigenvalue weighted by molar-refractivity contribution is 5.94. The SMILES string of the molecule is O=C(CC(C(=O)O)N1CCOCC1)Nc1ccc(Oc2ccccc2)cc1. The molecule has 1 unspecified atom stereocenters. The quantitative estimate of drug-likeness (QED) is 0.779. The molecule has 1 aliphatic rings. The van der Waals surface area contributed by atoms with Crippen molar-refractivity contribution in [2.75, 3.05) is 31.6 Å². The number of carbonyl (C=O) groups is 2. The number of carboxylic acid groups (broad SMARTS) is 1. The van der Waals surface area contributed by atoms with Gasteiger partial charge in [-0.2, -0.15) is 0 Å². The topological polar surface area (TPSA) is 88.1 Å². The molecule has 7 nitrogen and oxygen atoms in total. The van der Waals surface area contributed by atoms with Gasteiger partial charge >= 0.3 is 5.97 Å². The molecule has 1 amide bonds. The number of nitrogens with zero attached hydrogens (tertiary/aromatic N) is 1. The van der Waals surface area contributed by atoms with Gasteiger partial charge in [-0.1, -0.05) is 18.2 Å². The Kier molecular flexibility index (Phi) is 6.40. The minimum atomic E-state index is -1.00. The lowest BCUT2D eigenvalue weighted by atomic mass is 10.1. The molecule has 0 spiro atoms. The van der Waals surface area contributed by atoms with Gasteiger partial charge in [-0.25, -0.2) is 0 Å². The van der Waals surface area contributed by atoms with Gasteiger partial charge < -0.3 is 19.9 Å². The third kappa shape index (κ3) is 5.54. The highest BCUT2D eigenvalue weighted by Gasteiger charge is 2.29. The van der Waals surface area contributed by atoms with E-state index in [1.54, 1.807) is 29.2 Å². The summed E-state index contributed by atoms with van der Waals surface area (Å²) in [5.41, 5.74) is 0.589. The number of hydrogen-bond donors (Lipinski definition) is 2. The minimum absolute atomic E-state index is 0.113. The lowest BCUT2D eigenvalue weighted by Gasteiger charge is -2.31. The maximum atomic E-state index is 12.3. The fourth-order valence-electron chi connectivity index (χ4n) is 2.88. The zero-order valence-corrected chi connectivity index (χ0v) is 14.8. The molecule has 2 N–H and O–H groups in total. The van der Waals surface area contributed by atoms with Gasteiger partial charge in [0.2, 0.25) is 5.91 Å². The number of carboxylic acids is 1. The van der Waals surface area contributed by atoms with Crippen LogP contribution in [0.3, 0.4) is 0 Å². The van der Waals surface area contributed by atoms with Crippen LogP contribution >= 0.6 is 0 Å². The summed E-state index contributed by atoms with van der Waals surface area (Å²) in [4.78, 5) is 25.6. The van der Waals surface area contributed by atoms with E-state index in [0.29, 0.717) is 37.7 Å². The molecule has 0 aliphatic carbocycles. The summed E-state index contributed by atoms with van der Waals surface area (Å²) in [6.07, 6.45) is -0.113. The highest BCUT2D eigenvalue weighted by atomic mass is 16.5. The Balaban J connectivity index is 1.55. The summed E-state index contributed by atoms with van der Waals surface area (Å²) in [5.74, 6) is 0.0318. The van der Waals surface area contributed by atoms with Crippen LogP contribution in [0.1, 0.15) is 6.42 Å². The third-order valence-electron chi connectivity index (χ3n) is 4.27. The van der Waals surface area contributed by atoms with E-state index in [9.17, 15) is 14.7 Å². The highest BCUT2D eigenvalue weighted by Crippen LogP contribution is 2.22. The molecule has 0 aromatic heterocycles. The van der Waals surface area contributed by atoms with Crippen molar-refractivity contribution in [2.45, 2.75) is 12.5 Å². The summed E-state index contributed by atoms with van der Waals surface area (Å²) in [6, 6.07) is 15.5. The Labute approximate surface area is 157 Å². The van der Waals surface area contributed by atoms with Crippen molar-refractivity contribution in [3.63, 3.8) is 0 Å². The molecule has 2 aromatic carbocycles. The van der Waals surface area contributed by atoms with Crippen LogP contribution in [0.25, 0.3) is 0 Å². The van der Waals surface area contributed by atoms with Crippen LogP contribution in [0.5, 0.6) is 11.5 Å². The van der Waals surface area contributed by atoms with Crippen molar-refractivity contribution >= 4 is 17.6 Å². The van der Waals surface area contributed by atoms with Crippen LogP contribution in [0.15, 0.2) is 54.6 Å². The van der Waals surface area contributed by atoms with Crippen molar-refractivity contribution < 1.29 is 24.2 Å². The molecule has 0 bridgehead atoms. The average molecular weight is 370 g/mol. The smallest absolute Gasteiger partial charge is 0.321 e. The van der Waals surface area contributed by atoms with Crippen LogP contribution < -0.4 is 10.1 Å². The number of amides is 1. The molecule has 0 radical (unpaired) electrons. The number of anilines is 1. The van der Waals surface area contributed by atoms with Gasteiger partial charge in [-0.15, -0.1) is 0 Å². The summed E-state index contributed by atoms with van der Waals surface area (Å²) >= 11 is 0. The first-order chi connectivity index (χ1) is 13.1. The predicted molar refractivity (Wildman–Crippen MR) is 100 cm³/mol. The van der Waals surface area contributed by atoms with E-state index < -0.39 is 12.0 Å². The van der Waals surface area contributed by atoms with Crippen LogP contribution in [0.2, 0.25) is 0 Å². The van der Waals surface area contributed by atoms with Crippen LogP contribution in [0, 0.1) is 0 Å². The van der Waals surface area contributed by atoms with E-state index in [1.165, 1.54) is 0 Å². The molecule has 7 heteroatoms. The first kappa shape index (κ1) is 18.9. The molecular weight excluding hydrogens is 348 g/mol. The number of carbonyl (C=O) groups excluding carboxylic acids is 1. The lowest BCUT2D eigenvalue weighted by Crippen LogP contribution is -2.48. The van der Waals surface area contributed by atoms with Crippen LogP contribution in [0.4, 0.5) is 5.69 Å².